The zero-order chi connectivity index (χ0) is 23.8. The molecular formula is C21H22N6O6S. The summed E-state index contributed by atoms with van der Waals surface area (Å²) in [7, 11) is 0. The van der Waals surface area contributed by atoms with Gasteiger partial charge in [-0.25, -0.2) is 14.8 Å². The average Bonchev–Trinajstić information content (AvgIpc) is 3.32. The number of rotatable bonds is 6. The molecule has 2 N–H and O–H groups in total. The number of amides is 1. The monoisotopic (exact) mass is 486 g/mol. The Morgan fingerprint density at radius 2 is 2.15 bits per heavy atom. The number of anilines is 1. The molecule has 1 unspecified atom stereocenters. The van der Waals surface area contributed by atoms with Crippen LogP contribution in [0.4, 0.5) is 5.82 Å². The van der Waals surface area contributed by atoms with Crippen molar-refractivity contribution in [2.45, 2.75) is 13.0 Å². The lowest BCUT2D eigenvalue weighted by atomic mass is 9.98. The molecule has 34 heavy (non-hydrogen) atoms. The Bertz CT molecular complexity index is 1300. The average molecular weight is 487 g/mol. The van der Waals surface area contributed by atoms with E-state index in [0.717, 1.165) is 11.5 Å². The molecule has 2 fully saturated rings. The molecule has 3 aromatic heterocycles. The van der Waals surface area contributed by atoms with Gasteiger partial charge in [0.2, 0.25) is 16.5 Å². The molecule has 1 amide bonds. The van der Waals surface area contributed by atoms with E-state index in [1.54, 1.807) is 13.0 Å². The van der Waals surface area contributed by atoms with Gasteiger partial charge in [0.05, 0.1) is 37.2 Å². The third-order valence-electron chi connectivity index (χ3n) is 5.89. The standard InChI is InChI=1S/C21H22N6O6S/c1-11-4-15(26-6-12(7-26)19(29)22-5-13-9-32-2-3-33-13)25-18-16(11)17(28)14(20(30)31)8-27(18)21-23-10-24-34-21/h4,8,10,12-13H,2-3,5-7,9H2,1H3,(H,22,29)(H,30,31). The number of hydrogen-bond acceptors (Lipinski definition) is 10. The van der Waals surface area contributed by atoms with Gasteiger partial charge in [-0.1, -0.05) is 0 Å². The number of fused-ring (bicyclic) bond motifs is 1. The van der Waals surface area contributed by atoms with Gasteiger partial charge < -0.3 is 24.8 Å². The van der Waals surface area contributed by atoms with Crippen LogP contribution in [0.25, 0.3) is 16.2 Å². The van der Waals surface area contributed by atoms with E-state index < -0.39 is 11.4 Å². The van der Waals surface area contributed by atoms with Crippen LogP contribution in [-0.4, -0.2) is 81.5 Å². The highest BCUT2D eigenvalue weighted by atomic mass is 32.1. The van der Waals surface area contributed by atoms with Crippen molar-refractivity contribution in [3.05, 3.63) is 39.9 Å². The summed E-state index contributed by atoms with van der Waals surface area (Å²) < 4.78 is 16.3. The van der Waals surface area contributed by atoms with Gasteiger partial charge in [-0.05, 0) is 18.6 Å². The molecule has 0 bridgehead atoms. The predicted octanol–water partition coefficient (Wildman–Crippen LogP) is 0.212. The highest BCUT2D eigenvalue weighted by Crippen LogP contribution is 2.28. The van der Waals surface area contributed by atoms with Gasteiger partial charge in [0, 0.05) is 37.4 Å². The Morgan fingerprint density at radius 1 is 1.32 bits per heavy atom. The van der Waals surface area contributed by atoms with E-state index >= 15 is 0 Å². The zero-order valence-electron chi connectivity index (χ0n) is 18.3. The molecule has 12 nitrogen and oxygen atoms in total. The highest BCUT2D eigenvalue weighted by Gasteiger charge is 2.34. The molecule has 0 radical (unpaired) electrons. The van der Waals surface area contributed by atoms with E-state index in [4.69, 9.17) is 9.47 Å². The summed E-state index contributed by atoms with van der Waals surface area (Å²) in [5.74, 6) is -0.976. The summed E-state index contributed by atoms with van der Waals surface area (Å²) in [6.45, 7) is 4.66. The first-order chi connectivity index (χ1) is 16.4. The lowest BCUT2D eigenvalue weighted by Gasteiger charge is -2.39. The van der Waals surface area contributed by atoms with E-state index in [1.807, 2.05) is 4.90 Å². The Hall–Kier alpha value is -3.42. The molecule has 2 aliphatic heterocycles. The van der Waals surface area contributed by atoms with Crippen molar-refractivity contribution in [2.24, 2.45) is 5.92 Å². The number of carbonyl (C=O) groups is 2. The van der Waals surface area contributed by atoms with Crippen LogP contribution in [0, 0.1) is 12.8 Å². The molecule has 5 heterocycles. The second-order valence-corrected chi connectivity index (χ2v) is 8.94. The maximum absolute atomic E-state index is 12.9. The lowest BCUT2D eigenvalue weighted by molar-refractivity contribution is -0.128. The number of ether oxygens (including phenoxy) is 2. The summed E-state index contributed by atoms with van der Waals surface area (Å²) in [4.78, 5) is 47.8. The minimum atomic E-state index is -1.32. The quantitative estimate of drug-likeness (QED) is 0.495. The fraction of sp³-hybridized carbons (Fsp3) is 0.429. The Labute approximate surface area is 197 Å². The van der Waals surface area contributed by atoms with Crippen molar-refractivity contribution < 1.29 is 24.2 Å². The van der Waals surface area contributed by atoms with E-state index in [0.29, 0.717) is 61.6 Å². The molecule has 178 valence electrons. The first-order valence-corrected chi connectivity index (χ1v) is 11.5. The van der Waals surface area contributed by atoms with Crippen LogP contribution in [0.3, 0.4) is 0 Å². The van der Waals surface area contributed by atoms with Crippen LogP contribution < -0.4 is 15.6 Å². The fourth-order valence-corrected chi connectivity index (χ4v) is 4.57. The minimum absolute atomic E-state index is 0.0557. The van der Waals surface area contributed by atoms with Gasteiger partial charge in [0.15, 0.2) is 5.65 Å². The minimum Gasteiger partial charge on any atom is -0.477 e. The fourth-order valence-electron chi connectivity index (χ4n) is 4.06. The summed E-state index contributed by atoms with van der Waals surface area (Å²) in [6, 6.07) is 1.74. The first kappa shape index (κ1) is 22.4. The number of nitrogens with zero attached hydrogens (tertiary/aromatic N) is 5. The molecule has 0 aliphatic carbocycles. The molecule has 0 saturated carbocycles. The van der Waals surface area contributed by atoms with E-state index in [1.165, 1.54) is 17.1 Å². The number of hydrogen-bond donors (Lipinski definition) is 2. The molecule has 2 aliphatic rings. The Kier molecular flexibility index (Phi) is 5.98. The molecule has 3 aromatic rings. The van der Waals surface area contributed by atoms with Gasteiger partial charge in [-0.3, -0.25) is 14.2 Å². The van der Waals surface area contributed by atoms with E-state index in [-0.39, 0.29) is 28.9 Å². The van der Waals surface area contributed by atoms with Gasteiger partial charge in [0.1, 0.15) is 17.7 Å². The van der Waals surface area contributed by atoms with Gasteiger partial charge in [0.25, 0.3) is 0 Å². The van der Waals surface area contributed by atoms with Crippen LogP contribution in [-0.2, 0) is 14.3 Å². The zero-order valence-corrected chi connectivity index (χ0v) is 19.1. The van der Waals surface area contributed by atoms with E-state index in [9.17, 15) is 19.5 Å². The number of pyridine rings is 2. The molecule has 0 aromatic carbocycles. The molecule has 13 heteroatoms. The smallest absolute Gasteiger partial charge is 0.341 e. The van der Waals surface area contributed by atoms with Gasteiger partial charge >= 0.3 is 5.97 Å². The van der Waals surface area contributed by atoms with Gasteiger partial charge in [-0.2, -0.15) is 4.37 Å². The number of carboxylic acids is 1. The summed E-state index contributed by atoms with van der Waals surface area (Å²) in [5, 5.41) is 13.0. The van der Waals surface area contributed by atoms with Crippen molar-refractivity contribution in [1.82, 2.24) is 24.2 Å². The van der Waals surface area contributed by atoms with Crippen molar-refractivity contribution in [3.8, 4) is 5.13 Å². The molecular weight excluding hydrogens is 464 g/mol. The number of nitrogens with one attached hydrogen (secondary N) is 1. The number of aryl methyl sites for hydroxylation is 1. The SMILES string of the molecule is Cc1cc(N2CC(C(=O)NCC3COCCO3)C2)nc2c1c(=O)c(C(=O)O)cn2-c1ncns1. The second-order valence-electron chi connectivity index (χ2n) is 8.18. The van der Waals surface area contributed by atoms with Crippen molar-refractivity contribution in [2.75, 3.05) is 44.4 Å². The van der Waals surface area contributed by atoms with E-state index in [2.05, 4.69) is 19.7 Å². The second kappa shape index (κ2) is 9.08. The third-order valence-corrected chi connectivity index (χ3v) is 6.56. The number of aromatic nitrogens is 4. The van der Waals surface area contributed by atoms with Crippen molar-refractivity contribution in [3.63, 3.8) is 0 Å². The molecule has 5 rings (SSSR count). The largest absolute Gasteiger partial charge is 0.477 e. The normalized spacial score (nSPS) is 18.6. The number of carbonyl (C=O) groups excluding carboxylic acids is 1. The van der Waals surface area contributed by atoms with Crippen LogP contribution in [0.1, 0.15) is 15.9 Å². The molecule has 1 atom stereocenters. The maximum atomic E-state index is 12.9. The topological polar surface area (TPSA) is 149 Å². The maximum Gasteiger partial charge on any atom is 0.341 e. The molecule has 0 spiro atoms. The summed E-state index contributed by atoms with van der Waals surface area (Å²) in [6.07, 6.45) is 2.45. The van der Waals surface area contributed by atoms with Crippen LogP contribution in [0.2, 0.25) is 0 Å². The predicted molar refractivity (Wildman–Crippen MR) is 122 cm³/mol. The number of carboxylic acid groups (broad SMARTS) is 1. The van der Waals surface area contributed by atoms with Crippen LogP contribution in [0.15, 0.2) is 23.4 Å². The Morgan fingerprint density at radius 3 is 2.82 bits per heavy atom. The van der Waals surface area contributed by atoms with Crippen molar-refractivity contribution >= 4 is 40.3 Å². The first-order valence-electron chi connectivity index (χ1n) is 10.7. The Balaban J connectivity index is 1.38. The highest BCUT2D eigenvalue weighted by molar-refractivity contribution is 7.08. The van der Waals surface area contributed by atoms with Crippen LogP contribution in [0.5, 0.6) is 0 Å². The summed E-state index contributed by atoms with van der Waals surface area (Å²) in [5.41, 5.74) is -0.0826. The third kappa shape index (κ3) is 4.13. The van der Waals surface area contributed by atoms with Crippen molar-refractivity contribution in [1.29, 1.82) is 0 Å². The number of aromatic carboxylic acids is 1. The lowest BCUT2D eigenvalue weighted by Crippen LogP contribution is -2.55. The summed E-state index contributed by atoms with van der Waals surface area (Å²) >= 11 is 1.06. The molecule has 2 saturated heterocycles. The van der Waals surface area contributed by atoms with Crippen LogP contribution >= 0.6 is 11.5 Å². The van der Waals surface area contributed by atoms with Gasteiger partial charge in [-0.15, -0.1) is 0 Å².